The van der Waals surface area contributed by atoms with Crippen LogP contribution >= 0.6 is 15.9 Å². The summed E-state index contributed by atoms with van der Waals surface area (Å²) in [6.45, 7) is 0. The van der Waals surface area contributed by atoms with E-state index in [9.17, 15) is 0 Å². The molecule has 0 spiro atoms. The van der Waals surface area contributed by atoms with E-state index in [1.165, 1.54) is 36.6 Å². The number of benzene rings is 3. The highest BCUT2D eigenvalue weighted by atomic mass is 79.9. The minimum Gasteiger partial charge on any atom is -0.232 e. The Bertz CT molecular complexity index is 1570. The minimum atomic E-state index is 0.267. The highest BCUT2D eigenvalue weighted by Crippen LogP contribution is 2.73. The Morgan fingerprint density at radius 3 is 2.25 bits per heavy atom. The lowest BCUT2D eigenvalue weighted by molar-refractivity contribution is 0.181. The van der Waals surface area contributed by atoms with Gasteiger partial charge in [0.15, 0.2) is 5.82 Å². The molecule has 0 amide bonds. The van der Waals surface area contributed by atoms with Gasteiger partial charge in [-0.05, 0) is 90.5 Å². The number of hydrogen-bond donors (Lipinski definition) is 0. The van der Waals surface area contributed by atoms with Crippen LogP contribution in [0, 0.1) is 17.3 Å². The molecule has 9 rings (SSSR count). The molecule has 0 N–H and O–H groups in total. The molecule has 5 aliphatic rings. The molecule has 4 aromatic rings. The molecule has 1 heterocycles. The van der Waals surface area contributed by atoms with Crippen molar-refractivity contribution in [1.82, 2.24) is 9.97 Å². The van der Waals surface area contributed by atoms with Gasteiger partial charge >= 0.3 is 0 Å². The van der Waals surface area contributed by atoms with Crippen molar-refractivity contribution in [3.05, 3.63) is 131 Å². The number of hydrogen-bond acceptors (Lipinski definition) is 2. The second-order valence-electron chi connectivity index (χ2n) is 12.6. The van der Waals surface area contributed by atoms with E-state index in [1.54, 1.807) is 11.1 Å². The number of halogens is 1. The zero-order valence-electron chi connectivity index (χ0n) is 22.6. The Hall–Kier alpha value is -3.30. The van der Waals surface area contributed by atoms with Gasteiger partial charge in [0.2, 0.25) is 0 Å². The summed E-state index contributed by atoms with van der Waals surface area (Å²) in [7, 11) is 0. The smallest absolute Gasteiger partial charge is 0.160 e. The second kappa shape index (κ2) is 9.38. The maximum atomic E-state index is 5.12. The molecule has 2 nitrogen and oxygen atoms in total. The molecule has 0 saturated heterocycles. The third-order valence-corrected chi connectivity index (χ3v) is 10.9. The molecule has 3 heteroatoms. The molecule has 3 aromatic carbocycles. The van der Waals surface area contributed by atoms with Gasteiger partial charge in [0.1, 0.15) is 0 Å². The van der Waals surface area contributed by atoms with Crippen molar-refractivity contribution in [3.8, 4) is 22.6 Å². The Morgan fingerprint density at radius 1 is 0.775 bits per heavy atom. The lowest BCUT2D eigenvalue weighted by Gasteiger charge is -2.43. The Kier molecular flexibility index (Phi) is 5.74. The first-order chi connectivity index (χ1) is 19.6. The van der Waals surface area contributed by atoms with Crippen molar-refractivity contribution in [1.29, 1.82) is 0 Å². The van der Waals surface area contributed by atoms with E-state index < -0.39 is 0 Å². The van der Waals surface area contributed by atoms with Crippen LogP contribution in [-0.4, -0.2) is 9.97 Å². The molecule has 5 atom stereocenters. The summed E-state index contributed by atoms with van der Waals surface area (Å²) in [6, 6.07) is 32.4. The topological polar surface area (TPSA) is 25.8 Å². The molecule has 0 radical (unpaired) electrons. The third-order valence-electron chi connectivity index (χ3n) is 10.4. The largest absolute Gasteiger partial charge is 0.232 e. The van der Waals surface area contributed by atoms with Crippen molar-refractivity contribution >= 4 is 15.9 Å². The summed E-state index contributed by atoms with van der Waals surface area (Å²) < 4.78 is 1.18. The van der Waals surface area contributed by atoms with Crippen molar-refractivity contribution in [2.75, 3.05) is 0 Å². The Morgan fingerprint density at radius 2 is 1.52 bits per heavy atom. The van der Waals surface area contributed by atoms with E-state index in [1.807, 2.05) is 6.07 Å². The van der Waals surface area contributed by atoms with E-state index in [0.717, 1.165) is 46.6 Å². The van der Waals surface area contributed by atoms with E-state index >= 15 is 0 Å². The summed E-state index contributed by atoms with van der Waals surface area (Å²) in [4.78, 5) is 10.1. The van der Waals surface area contributed by atoms with Gasteiger partial charge in [-0.25, -0.2) is 9.97 Å². The van der Waals surface area contributed by atoms with Gasteiger partial charge in [-0.3, -0.25) is 0 Å². The van der Waals surface area contributed by atoms with E-state index in [2.05, 4.69) is 119 Å². The van der Waals surface area contributed by atoms with Crippen LogP contribution in [0.25, 0.3) is 22.6 Å². The first-order valence-electron chi connectivity index (χ1n) is 14.8. The van der Waals surface area contributed by atoms with Gasteiger partial charge < -0.3 is 0 Å². The van der Waals surface area contributed by atoms with Gasteiger partial charge in [0.05, 0.1) is 11.4 Å². The van der Waals surface area contributed by atoms with Crippen LogP contribution in [0.4, 0.5) is 0 Å². The first kappa shape index (κ1) is 24.5. The molecule has 5 unspecified atom stereocenters. The fourth-order valence-corrected chi connectivity index (χ4v) is 9.10. The maximum absolute atomic E-state index is 5.12. The van der Waals surface area contributed by atoms with Gasteiger partial charge in [0.25, 0.3) is 0 Å². The lowest BCUT2D eigenvalue weighted by atomic mass is 9.61. The van der Waals surface area contributed by atoms with Crippen LogP contribution in [-0.2, 0) is 5.41 Å². The SMILES string of the molecule is Brc1ccc(C23CC4CC2CC(C2=CCC(c5cc(-c6ccccc6)nc(-c6ccccc6)n5)C=C2)(C4)C3)cc1. The predicted molar refractivity (Wildman–Crippen MR) is 166 cm³/mol. The van der Waals surface area contributed by atoms with Gasteiger partial charge in [-0.2, -0.15) is 0 Å². The van der Waals surface area contributed by atoms with Crippen LogP contribution in [0.15, 0.2) is 119 Å². The molecule has 4 saturated carbocycles. The van der Waals surface area contributed by atoms with Crippen LogP contribution in [0.5, 0.6) is 0 Å². The third kappa shape index (κ3) is 3.96. The molecule has 0 aliphatic heterocycles. The van der Waals surface area contributed by atoms with E-state index in [-0.39, 0.29) is 5.92 Å². The van der Waals surface area contributed by atoms with Crippen molar-refractivity contribution in [2.24, 2.45) is 17.3 Å². The average Bonchev–Trinajstić information content (AvgIpc) is 3.41. The minimum absolute atomic E-state index is 0.267. The van der Waals surface area contributed by atoms with Crippen LogP contribution in [0.2, 0.25) is 0 Å². The quantitative estimate of drug-likeness (QED) is 0.233. The number of allylic oxidation sites excluding steroid dienone is 4. The highest BCUT2D eigenvalue weighted by Gasteiger charge is 2.64. The van der Waals surface area contributed by atoms with Crippen LogP contribution in [0.3, 0.4) is 0 Å². The number of rotatable bonds is 5. The van der Waals surface area contributed by atoms with Gasteiger partial charge in [-0.1, -0.05) is 107 Å². The second-order valence-corrected chi connectivity index (χ2v) is 13.5. The monoisotopic (exact) mass is 584 g/mol. The van der Waals surface area contributed by atoms with Gasteiger partial charge in [-0.15, -0.1) is 0 Å². The predicted octanol–water partition coefficient (Wildman–Crippen LogP) is 9.69. The average molecular weight is 586 g/mol. The summed E-state index contributed by atoms with van der Waals surface area (Å²) in [5.41, 5.74) is 8.19. The van der Waals surface area contributed by atoms with E-state index in [0.29, 0.717) is 10.8 Å². The summed E-state index contributed by atoms with van der Waals surface area (Å²) in [5, 5.41) is 0. The van der Waals surface area contributed by atoms with Gasteiger partial charge in [0, 0.05) is 21.5 Å². The van der Waals surface area contributed by atoms with Crippen molar-refractivity contribution in [2.45, 2.75) is 49.9 Å². The molecule has 1 aromatic heterocycles. The molecule has 4 bridgehead atoms. The normalized spacial score (nSPS) is 30.0. The van der Waals surface area contributed by atoms with Crippen molar-refractivity contribution < 1.29 is 0 Å². The van der Waals surface area contributed by atoms with Crippen LogP contribution < -0.4 is 0 Å². The standard InChI is InChI=1S/C37H33BrN2/c38-32-17-15-30(16-18-32)37-22-25-19-31(37)23-36(21-25,24-37)29-13-11-27(12-14-29)34-20-33(26-7-3-1-4-8-26)39-35(40-34)28-9-5-2-6-10-28/h1-11,13-18,20,25,27,31H,12,19,21-24H2. The lowest BCUT2D eigenvalue weighted by Crippen LogP contribution is -2.34. The molecular weight excluding hydrogens is 552 g/mol. The molecule has 198 valence electrons. The fourth-order valence-electron chi connectivity index (χ4n) is 8.84. The fraction of sp³-hybridized carbons (Fsp3) is 0.297. The number of aromatic nitrogens is 2. The number of nitrogens with zero attached hydrogens (tertiary/aromatic N) is 2. The first-order valence-corrected chi connectivity index (χ1v) is 15.5. The Labute approximate surface area is 245 Å². The van der Waals surface area contributed by atoms with Crippen LogP contribution in [0.1, 0.15) is 55.7 Å². The maximum Gasteiger partial charge on any atom is 0.160 e. The molecule has 40 heavy (non-hydrogen) atoms. The molecular formula is C37H33BrN2. The summed E-state index contributed by atoms with van der Waals surface area (Å²) in [6.07, 6.45) is 15.3. The Balaban J connectivity index is 1.11. The molecule has 4 fully saturated rings. The zero-order valence-corrected chi connectivity index (χ0v) is 24.2. The highest BCUT2D eigenvalue weighted by molar-refractivity contribution is 9.10. The molecule has 5 aliphatic carbocycles. The summed E-state index contributed by atoms with van der Waals surface area (Å²) in [5.74, 6) is 2.76. The van der Waals surface area contributed by atoms with Crippen molar-refractivity contribution in [3.63, 3.8) is 0 Å². The van der Waals surface area contributed by atoms with E-state index in [4.69, 9.17) is 9.97 Å². The summed E-state index contributed by atoms with van der Waals surface area (Å²) >= 11 is 3.65. The zero-order chi connectivity index (χ0) is 26.7.